The molecule has 2 rings (SSSR count). The molecule has 1 fully saturated rings. The Morgan fingerprint density at radius 1 is 1.38 bits per heavy atom. The van der Waals surface area contributed by atoms with Crippen molar-refractivity contribution in [2.75, 3.05) is 26.5 Å². The second-order valence-corrected chi connectivity index (χ2v) is 3.51. The Kier molecular flexibility index (Phi) is 14.0. The third-order valence-corrected chi connectivity index (χ3v) is 2.45. The molecule has 1 aliphatic rings. The number of aliphatic hydroxyl groups is 2. The highest BCUT2D eigenvalue weighted by molar-refractivity contribution is 5.23. The van der Waals surface area contributed by atoms with Crippen molar-refractivity contribution < 1.29 is 14.9 Å². The van der Waals surface area contributed by atoms with E-state index in [1.807, 2.05) is 13.8 Å². The second-order valence-electron chi connectivity index (χ2n) is 3.51. The van der Waals surface area contributed by atoms with Crippen LogP contribution in [-0.2, 0) is 4.74 Å². The number of hydrogen-bond acceptors (Lipinski definition) is 7. The fourth-order valence-electron chi connectivity index (χ4n) is 1.67. The summed E-state index contributed by atoms with van der Waals surface area (Å²) in [5.41, 5.74) is 9.46. The van der Waals surface area contributed by atoms with Crippen LogP contribution in [0.2, 0.25) is 0 Å². The number of aliphatic hydroxyl groups excluding tert-OH is 2. The van der Waals surface area contributed by atoms with Gasteiger partial charge in [-0.3, -0.25) is 4.57 Å². The smallest absolute Gasteiger partial charge is 0.351 e. The molecule has 1 aromatic heterocycles. The van der Waals surface area contributed by atoms with Gasteiger partial charge in [0.25, 0.3) is 0 Å². The van der Waals surface area contributed by atoms with E-state index in [1.54, 1.807) is 12.3 Å². The maximum absolute atomic E-state index is 11.5. The maximum atomic E-state index is 11.5. The zero-order valence-corrected chi connectivity index (χ0v) is 13.2. The van der Waals surface area contributed by atoms with Crippen molar-refractivity contribution in [1.29, 1.82) is 0 Å². The largest absolute Gasteiger partial charge is 0.400 e. The summed E-state index contributed by atoms with van der Waals surface area (Å²) in [6.45, 7) is 3.98. The zero-order valence-electron chi connectivity index (χ0n) is 13.2. The molecule has 0 radical (unpaired) electrons. The van der Waals surface area contributed by atoms with Crippen molar-refractivity contribution in [3.05, 3.63) is 22.7 Å². The Labute approximate surface area is 125 Å². The highest BCUT2D eigenvalue weighted by Crippen LogP contribution is 2.26. The van der Waals surface area contributed by atoms with Crippen molar-refractivity contribution in [3.63, 3.8) is 0 Å². The van der Waals surface area contributed by atoms with Crippen LogP contribution < -0.4 is 17.2 Å². The summed E-state index contributed by atoms with van der Waals surface area (Å²) >= 11 is 0. The molecular formula is C13H28N4O4. The summed E-state index contributed by atoms with van der Waals surface area (Å²) in [6.07, 6.45) is 2.51. The Morgan fingerprint density at radius 3 is 2.38 bits per heavy atom. The molecule has 0 bridgehead atoms. The summed E-state index contributed by atoms with van der Waals surface area (Å²) in [4.78, 5) is 15.1. The van der Waals surface area contributed by atoms with Gasteiger partial charge in [-0.05, 0) is 26.0 Å². The average Bonchev–Trinajstić information content (AvgIpc) is 3.02. The zero-order chi connectivity index (χ0) is 16.8. The molecule has 21 heavy (non-hydrogen) atoms. The Balaban J connectivity index is 0. The maximum Gasteiger partial charge on any atom is 0.351 e. The average molecular weight is 304 g/mol. The van der Waals surface area contributed by atoms with Crippen LogP contribution in [0.3, 0.4) is 0 Å². The number of anilines is 1. The SMILES string of the molecule is CC.CN.CO.Nc1ccn(C2CCC(CO)O2)c(=O)n1. The third-order valence-electron chi connectivity index (χ3n) is 2.45. The van der Waals surface area contributed by atoms with Gasteiger partial charge in [0.15, 0.2) is 0 Å². The number of nitrogens with two attached hydrogens (primary N) is 2. The van der Waals surface area contributed by atoms with Crippen LogP contribution in [0, 0.1) is 0 Å². The van der Waals surface area contributed by atoms with Crippen molar-refractivity contribution in [2.24, 2.45) is 5.73 Å². The number of hydrogen-bond donors (Lipinski definition) is 4. The molecule has 2 unspecified atom stereocenters. The minimum atomic E-state index is -0.418. The van der Waals surface area contributed by atoms with Crippen LogP contribution in [0.25, 0.3) is 0 Å². The molecule has 2 atom stereocenters. The number of nitrogens with zero attached hydrogens (tertiary/aromatic N) is 2. The van der Waals surface area contributed by atoms with Crippen LogP contribution >= 0.6 is 0 Å². The Bertz CT molecular complexity index is 411. The minimum absolute atomic E-state index is 0.0202. The molecule has 0 saturated carbocycles. The third kappa shape index (κ3) is 7.19. The first-order chi connectivity index (χ1) is 10.2. The van der Waals surface area contributed by atoms with Crippen molar-refractivity contribution in [1.82, 2.24) is 9.55 Å². The summed E-state index contributed by atoms with van der Waals surface area (Å²) in [5, 5.41) is 15.9. The van der Waals surface area contributed by atoms with Gasteiger partial charge in [-0.25, -0.2) is 4.79 Å². The van der Waals surface area contributed by atoms with Gasteiger partial charge in [-0.1, -0.05) is 13.8 Å². The van der Waals surface area contributed by atoms with Gasteiger partial charge >= 0.3 is 5.69 Å². The van der Waals surface area contributed by atoms with Gasteiger partial charge in [0, 0.05) is 13.3 Å². The molecule has 1 aromatic rings. The number of nitrogen functional groups attached to an aromatic ring is 1. The Morgan fingerprint density at radius 2 is 1.95 bits per heavy atom. The summed E-state index contributed by atoms with van der Waals surface area (Å²) in [6, 6.07) is 1.55. The first-order valence-electron chi connectivity index (χ1n) is 6.84. The Hall–Kier alpha value is -1.48. The predicted octanol–water partition coefficient (Wildman–Crippen LogP) is -0.295. The normalized spacial score (nSPS) is 19.2. The van der Waals surface area contributed by atoms with E-state index >= 15 is 0 Å². The van der Waals surface area contributed by atoms with Crippen LogP contribution in [0.4, 0.5) is 5.82 Å². The molecule has 0 spiro atoms. The molecule has 0 aromatic carbocycles. The van der Waals surface area contributed by atoms with Gasteiger partial charge in [0.2, 0.25) is 0 Å². The van der Waals surface area contributed by atoms with E-state index in [9.17, 15) is 4.79 Å². The molecule has 124 valence electrons. The van der Waals surface area contributed by atoms with Crippen LogP contribution in [0.15, 0.2) is 17.1 Å². The first kappa shape index (κ1) is 21.8. The van der Waals surface area contributed by atoms with E-state index in [4.69, 9.17) is 20.7 Å². The lowest BCUT2D eigenvalue weighted by molar-refractivity contribution is -0.0245. The molecule has 2 heterocycles. The van der Waals surface area contributed by atoms with Gasteiger partial charge < -0.3 is 26.4 Å². The second kappa shape index (κ2) is 13.5. The molecule has 8 heteroatoms. The lowest BCUT2D eigenvalue weighted by Gasteiger charge is -2.14. The van der Waals surface area contributed by atoms with E-state index in [-0.39, 0.29) is 24.8 Å². The highest BCUT2D eigenvalue weighted by Gasteiger charge is 2.26. The lowest BCUT2D eigenvalue weighted by Crippen LogP contribution is -2.27. The standard InChI is InChI=1S/C9H13N3O3.C2H6.CH5N.CH4O/c10-7-3-4-12(9(14)11-7)8-2-1-6(5-13)15-8;3*1-2/h3-4,6,8,13H,1-2,5H2,(H2,10,11,14);1-2H3;2H2,1H3;2H,1H3. The van der Waals surface area contributed by atoms with E-state index in [0.29, 0.717) is 6.42 Å². The van der Waals surface area contributed by atoms with Crippen molar-refractivity contribution in [3.8, 4) is 0 Å². The minimum Gasteiger partial charge on any atom is -0.400 e. The molecule has 1 aliphatic heterocycles. The fourth-order valence-corrected chi connectivity index (χ4v) is 1.67. The topological polar surface area (TPSA) is 137 Å². The molecule has 1 saturated heterocycles. The summed E-state index contributed by atoms with van der Waals surface area (Å²) < 4.78 is 6.84. The number of ether oxygens (including phenoxy) is 1. The molecule has 8 nitrogen and oxygen atoms in total. The number of rotatable bonds is 2. The van der Waals surface area contributed by atoms with Gasteiger partial charge in [0.05, 0.1) is 12.7 Å². The van der Waals surface area contributed by atoms with Crippen LogP contribution in [-0.4, -0.2) is 46.6 Å². The highest BCUT2D eigenvalue weighted by atomic mass is 16.5. The van der Waals surface area contributed by atoms with Crippen LogP contribution in [0.1, 0.15) is 32.9 Å². The molecule has 0 amide bonds. The molecule has 6 N–H and O–H groups in total. The fraction of sp³-hybridized carbons (Fsp3) is 0.692. The quantitative estimate of drug-likeness (QED) is 0.589. The predicted molar refractivity (Wildman–Crippen MR) is 82.7 cm³/mol. The van der Waals surface area contributed by atoms with E-state index < -0.39 is 5.69 Å². The lowest BCUT2D eigenvalue weighted by atomic mass is 10.2. The van der Waals surface area contributed by atoms with Gasteiger partial charge in [-0.15, -0.1) is 0 Å². The van der Waals surface area contributed by atoms with Crippen molar-refractivity contribution >= 4 is 5.82 Å². The summed E-state index contributed by atoms with van der Waals surface area (Å²) in [5.74, 6) is 0.202. The number of aromatic nitrogens is 2. The monoisotopic (exact) mass is 304 g/mol. The molecular weight excluding hydrogens is 276 g/mol. The van der Waals surface area contributed by atoms with Gasteiger partial charge in [0.1, 0.15) is 12.0 Å². The molecule has 0 aliphatic carbocycles. The van der Waals surface area contributed by atoms with E-state index in [0.717, 1.165) is 13.5 Å². The van der Waals surface area contributed by atoms with E-state index in [2.05, 4.69) is 10.7 Å². The van der Waals surface area contributed by atoms with Crippen LogP contribution in [0.5, 0.6) is 0 Å². The van der Waals surface area contributed by atoms with Crippen molar-refractivity contribution in [2.45, 2.75) is 39.0 Å². The van der Waals surface area contributed by atoms with Gasteiger partial charge in [-0.2, -0.15) is 4.98 Å². The first-order valence-corrected chi connectivity index (χ1v) is 6.84. The summed E-state index contributed by atoms with van der Waals surface area (Å²) in [7, 11) is 2.50. The van der Waals surface area contributed by atoms with E-state index in [1.165, 1.54) is 11.6 Å².